The molecule has 0 fully saturated rings. The fourth-order valence-corrected chi connectivity index (χ4v) is 1.95. The van der Waals surface area contributed by atoms with Crippen LogP contribution < -0.4 is 10.5 Å². The lowest BCUT2D eigenvalue weighted by molar-refractivity contribution is 0.419. The predicted molar refractivity (Wildman–Crippen MR) is 68.9 cm³/mol. The second kappa shape index (κ2) is 4.06. The SMILES string of the molecule is COc1ccc(C(N)=S)c2c(C)ccnc12. The third kappa shape index (κ3) is 1.61. The molecule has 4 heteroatoms. The summed E-state index contributed by atoms with van der Waals surface area (Å²) >= 11 is 5.04. The van der Waals surface area contributed by atoms with E-state index in [-0.39, 0.29) is 0 Å². The number of hydrogen-bond acceptors (Lipinski definition) is 3. The molecule has 0 bridgehead atoms. The Morgan fingerprint density at radius 1 is 1.38 bits per heavy atom. The van der Waals surface area contributed by atoms with E-state index in [2.05, 4.69) is 4.98 Å². The summed E-state index contributed by atoms with van der Waals surface area (Å²) < 4.78 is 5.27. The highest BCUT2D eigenvalue weighted by Crippen LogP contribution is 2.28. The first kappa shape index (κ1) is 10.8. The van der Waals surface area contributed by atoms with Gasteiger partial charge in [-0.2, -0.15) is 0 Å². The van der Waals surface area contributed by atoms with Gasteiger partial charge in [0, 0.05) is 17.1 Å². The largest absolute Gasteiger partial charge is 0.494 e. The van der Waals surface area contributed by atoms with Gasteiger partial charge in [-0.15, -0.1) is 0 Å². The first-order valence-electron chi connectivity index (χ1n) is 4.87. The summed E-state index contributed by atoms with van der Waals surface area (Å²) in [5, 5.41) is 0.967. The standard InChI is InChI=1S/C12H12N2OS/c1-7-5-6-14-11-9(15-2)4-3-8(10(7)11)12(13)16/h3-6H,1-2H3,(H2,13,16). The van der Waals surface area contributed by atoms with Gasteiger partial charge >= 0.3 is 0 Å². The lowest BCUT2D eigenvalue weighted by atomic mass is 10.0. The minimum atomic E-state index is 0.378. The normalized spacial score (nSPS) is 10.4. The van der Waals surface area contributed by atoms with Crippen molar-refractivity contribution in [1.29, 1.82) is 0 Å². The minimum absolute atomic E-state index is 0.378. The molecule has 0 spiro atoms. The maximum Gasteiger partial charge on any atom is 0.145 e. The molecule has 0 radical (unpaired) electrons. The Morgan fingerprint density at radius 2 is 2.12 bits per heavy atom. The number of benzene rings is 1. The Labute approximate surface area is 99.2 Å². The summed E-state index contributed by atoms with van der Waals surface area (Å²) in [6.07, 6.45) is 1.75. The zero-order chi connectivity index (χ0) is 11.7. The van der Waals surface area contributed by atoms with E-state index in [0.29, 0.717) is 4.99 Å². The molecule has 3 nitrogen and oxygen atoms in total. The molecule has 2 rings (SSSR count). The molecule has 82 valence electrons. The maximum atomic E-state index is 5.70. The molecule has 0 amide bonds. The van der Waals surface area contributed by atoms with Crippen LogP contribution in [-0.4, -0.2) is 17.1 Å². The Morgan fingerprint density at radius 3 is 2.75 bits per heavy atom. The molecule has 16 heavy (non-hydrogen) atoms. The highest BCUT2D eigenvalue weighted by Gasteiger charge is 2.11. The number of ether oxygens (including phenoxy) is 1. The molecular weight excluding hydrogens is 220 g/mol. The Hall–Kier alpha value is -1.68. The van der Waals surface area contributed by atoms with Crippen LogP contribution in [0, 0.1) is 6.92 Å². The van der Waals surface area contributed by atoms with E-state index in [1.807, 2.05) is 25.1 Å². The number of rotatable bonds is 2. The van der Waals surface area contributed by atoms with E-state index in [0.717, 1.165) is 27.8 Å². The van der Waals surface area contributed by atoms with Crippen LogP contribution in [0.1, 0.15) is 11.1 Å². The number of thiocarbonyl (C=S) groups is 1. The molecule has 0 atom stereocenters. The van der Waals surface area contributed by atoms with Crippen molar-refractivity contribution in [1.82, 2.24) is 4.98 Å². The number of nitrogens with zero attached hydrogens (tertiary/aromatic N) is 1. The van der Waals surface area contributed by atoms with Gasteiger partial charge in [-0.3, -0.25) is 4.98 Å². The van der Waals surface area contributed by atoms with Crippen molar-refractivity contribution in [2.75, 3.05) is 7.11 Å². The number of nitrogens with two attached hydrogens (primary N) is 1. The zero-order valence-corrected chi connectivity index (χ0v) is 9.97. The van der Waals surface area contributed by atoms with Gasteiger partial charge in [-0.25, -0.2) is 0 Å². The lowest BCUT2D eigenvalue weighted by Crippen LogP contribution is -2.10. The number of aromatic nitrogens is 1. The van der Waals surface area contributed by atoms with Crippen molar-refractivity contribution in [2.45, 2.75) is 6.92 Å². The van der Waals surface area contributed by atoms with Crippen LogP contribution in [0.3, 0.4) is 0 Å². The molecule has 0 aliphatic rings. The Bertz CT molecular complexity index is 566. The number of aryl methyl sites for hydroxylation is 1. The Balaban J connectivity index is 2.92. The van der Waals surface area contributed by atoms with E-state index < -0.39 is 0 Å². The lowest BCUT2D eigenvalue weighted by Gasteiger charge is -2.10. The maximum absolute atomic E-state index is 5.70. The second-order valence-corrected chi connectivity index (χ2v) is 3.97. The van der Waals surface area contributed by atoms with E-state index in [1.54, 1.807) is 13.3 Å². The summed E-state index contributed by atoms with van der Waals surface area (Å²) in [6.45, 7) is 2.01. The number of methoxy groups -OCH3 is 1. The van der Waals surface area contributed by atoms with Gasteiger partial charge in [-0.1, -0.05) is 12.2 Å². The van der Waals surface area contributed by atoms with Crippen LogP contribution in [0.25, 0.3) is 10.9 Å². The van der Waals surface area contributed by atoms with E-state index >= 15 is 0 Å². The highest BCUT2D eigenvalue weighted by atomic mass is 32.1. The molecule has 2 aromatic rings. The average Bonchev–Trinajstić information content (AvgIpc) is 2.28. The highest BCUT2D eigenvalue weighted by molar-refractivity contribution is 7.80. The molecule has 0 saturated heterocycles. The quantitative estimate of drug-likeness (QED) is 0.806. The average molecular weight is 232 g/mol. The summed E-state index contributed by atoms with van der Waals surface area (Å²) in [7, 11) is 1.62. The minimum Gasteiger partial charge on any atom is -0.494 e. The van der Waals surface area contributed by atoms with Crippen LogP contribution in [0.2, 0.25) is 0 Å². The van der Waals surface area contributed by atoms with Gasteiger partial charge in [0.15, 0.2) is 0 Å². The fraction of sp³-hybridized carbons (Fsp3) is 0.167. The van der Waals surface area contributed by atoms with Crippen LogP contribution in [-0.2, 0) is 0 Å². The van der Waals surface area contributed by atoms with E-state index in [4.69, 9.17) is 22.7 Å². The molecular formula is C12H12N2OS. The van der Waals surface area contributed by atoms with Crippen molar-refractivity contribution in [3.63, 3.8) is 0 Å². The molecule has 0 aliphatic heterocycles. The summed E-state index contributed by atoms with van der Waals surface area (Å²) in [5.74, 6) is 0.735. The molecule has 1 aromatic carbocycles. The van der Waals surface area contributed by atoms with Crippen LogP contribution >= 0.6 is 12.2 Å². The predicted octanol–water partition coefficient (Wildman–Crippen LogP) is 2.19. The number of fused-ring (bicyclic) bond motifs is 1. The fourth-order valence-electron chi connectivity index (χ4n) is 1.78. The molecule has 2 N–H and O–H groups in total. The molecule has 1 heterocycles. The summed E-state index contributed by atoms with van der Waals surface area (Å²) in [4.78, 5) is 4.69. The smallest absolute Gasteiger partial charge is 0.145 e. The molecule has 1 aromatic heterocycles. The van der Waals surface area contributed by atoms with Crippen LogP contribution in [0.15, 0.2) is 24.4 Å². The van der Waals surface area contributed by atoms with Crippen molar-refractivity contribution in [2.24, 2.45) is 5.73 Å². The third-order valence-electron chi connectivity index (χ3n) is 2.55. The van der Waals surface area contributed by atoms with Gasteiger partial charge in [0.05, 0.1) is 7.11 Å². The van der Waals surface area contributed by atoms with Gasteiger partial charge in [-0.05, 0) is 30.7 Å². The van der Waals surface area contributed by atoms with Crippen LogP contribution in [0.4, 0.5) is 0 Å². The van der Waals surface area contributed by atoms with Gasteiger partial charge in [0.2, 0.25) is 0 Å². The van der Waals surface area contributed by atoms with Gasteiger partial charge in [0.25, 0.3) is 0 Å². The van der Waals surface area contributed by atoms with E-state index in [9.17, 15) is 0 Å². The monoisotopic (exact) mass is 232 g/mol. The molecule has 0 saturated carbocycles. The molecule has 0 unspecified atom stereocenters. The van der Waals surface area contributed by atoms with Crippen molar-refractivity contribution < 1.29 is 4.74 Å². The zero-order valence-electron chi connectivity index (χ0n) is 9.15. The summed E-state index contributed by atoms with van der Waals surface area (Å²) in [6, 6.07) is 5.64. The number of pyridine rings is 1. The molecule has 0 aliphatic carbocycles. The van der Waals surface area contributed by atoms with Crippen LogP contribution in [0.5, 0.6) is 5.75 Å². The number of hydrogen-bond donors (Lipinski definition) is 1. The first-order valence-corrected chi connectivity index (χ1v) is 5.28. The topological polar surface area (TPSA) is 48.1 Å². The van der Waals surface area contributed by atoms with Crippen molar-refractivity contribution in [3.05, 3.63) is 35.5 Å². The van der Waals surface area contributed by atoms with Gasteiger partial charge in [0.1, 0.15) is 16.3 Å². The van der Waals surface area contributed by atoms with Crippen molar-refractivity contribution >= 4 is 28.1 Å². The van der Waals surface area contributed by atoms with E-state index in [1.165, 1.54) is 0 Å². The van der Waals surface area contributed by atoms with Crippen molar-refractivity contribution in [3.8, 4) is 5.75 Å². The second-order valence-electron chi connectivity index (χ2n) is 3.53. The third-order valence-corrected chi connectivity index (χ3v) is 2.77. The Kier molecular flexibility index (Phi) is 2.75. The summed E-state index contributed by atoms with van der Waals surface area (Å²) in [5.41, 5.74) is 8.44. The van der Waals surface area contributed by atoms with Gasteiger partial charge < -0.3 is 10.5 Å². The first-order chi connectivity index (χ1) is 7.65.